The van der Waals surface area contributed by atoms with E-state index in [4.69, 9.17) is 16.3 Å². The third-order valence-electron chi connectivity index (χ3n) is 5.06. The molecule has 0 spiro atoms. The number of carbonyl (C=O) groups is 1. The van der Waals surface area contributed by atoms with Crippen LogP contribution < -0.4 is 14.4 Å². The van der Waals surface area contributed by atoms with Crippen molar-refractivity contribution >= 4 is 39.0 Å². The number of benzene rings is 2. The molecular formula is C20H24ClN3O5S. The highest BCUT2D eigenvalue weighted by Crippen LogP contribution is 2.33. The second-order valence-corrected chi connectivity index (χ2v) is 8.95. The van der Waals surface area contributed by atoms with Crippen LogP contribution in [0.2, 0.25) is 5.02 Å². The number of rotatable bonds is 7. The number of nitrogens with zero attached hydrogens (tertiary/aromatic N) is 2. The molecule has 0 bridgehead atoms. The van der Waals surface area contributed by atoms with Gasteiger partial charge in [-0.05, 0) is 42.9 Å². The van der Waals surface area contributed by atoms with Crippen LogP contribution in [0, 0.1) is 0 Å². The van der Waals surface area contributed by atoms with Crippen LogP contribution in [-0.4, -0.2) is 64.2 Å². The Morgan fingerprint density at radius 2 is 1.87 bits per heavy atom. The summed E-state index contributed by atoms with van der Waals surface area (Å²) in [4.78, 5) is 15.7. The van der Waals surface area contributed by atoms with Gasteiger partial charge in [-0.3, -0.25) is 4.72 Å². The van der Waals surface area contributed by atoms with Crippen molar-refractivity contribution in [3.05, 3.63) is 47.0 Å². The van der Waals surface area contributed by atoms with Crippen molar-refractivity contribution in [1.29, 1.82) is 0 Å². The first kappa shape index (κ1) is 22.2. The average Bonchev–Trinajstić information content (AvgIpc) is 2.73. The Balaban J connectivity index is 2.00. The summed E-state index contributed by atoms with van der Waals surface area (Å²) in [6.45, 7) is 6.12. The molecule has 0 amide bonds. The molecule has 2 aromatic carbocycles. The van der Waals surface area contributed by atoms with Gasteiger partial charge in [0.1, 0.15) is 10.6 Å². The molecule has 8 nitrogen and oxygen atoms in total. The van der Waals surface area contributed by atoms with Crippen molar-refractivity contribution < 1.29 is 23.1 Å². The molecular weight excluding hydrogens is 430 g/mol. The van der Waals surface area contributed by atoms with Crippen molar-refractivity contribution in [3.63, 3.8) is 0 Å². The zero-order valence-electron chi connectivity index (χ0n) is 16.8. The van der Waals surface area contributed by atoms with Gasteiger partial charge >= 0.3 is 5.97 Å². The number of sulfonamides is 1. The Labute approximate surface area is 181 Å². The van der Waals surface area contributed by atoms with Crippen LogP contribution >= 0.6 is 11.6 Å². The lowest BCUT2D eigenvalue weighted by atomic mass is 10.1. The molecule has 0 aliphatic carbocycles. The normalized spacial score (nSPS) is 15.1. The Hall–Kier alpha value is -2.49. The Kier molecular flexibility index (Phi) is 6.74. The molecule has 1 fully saturated rings. The van der Waals surface area contributed by atoms with Crippen molar-refractivity contribution in [3.8, 4) is 5.75 Å². The second kappa shape index (κ2) is 9.11. The molecule has 0 radical (unpaired) electrons. The first-order chi connectivity index (χ1) is 14.2. The average molecular weight is 454 g/mol. The second-order valence-electron chi connectivity index (χ2n) is 6.86. The van der Waals surface area contributed by atoms with Crippen LogP contribution in [0.1, 0.15) is 17.3 Å². The third kappa shape index (κ3) is 4.80. The van der Waals surface area contributed by atoms with E-state index < -0.39 is 16.0 Å². The van der Waals surface area contributed by atoms with Gasteiger partial charge in [0.25, 0.3) is 10.0 Å². The van der Waals surface area contributed by atoms with Gasteiger partial charge in [-0.15, -0.1) is 0 Å². The van der Waals surface area contributed by atoms with Crippen LogP contribution in [0.4, 0.5) is 11.4 Å². The first-order valence-corrected chi connectivity index (χ1v) is 11.3. The summed E-state index contributed by atoms with van der Waals surface area (Å²) in [5, 5.41) is 9.62. The number of aromatic carboxylic acids is 1. The maximum absolute atomic E-state index is 13.1. The molecule has 30 heavy (non-hydrogen) atoms. The molecule has 1 aliphatic heterocycles. The molecule has 1 saturated heterocycles. The Morgan fingerprint density at radius 3 is 2.47 bits per heavy atom. The van der Waals surface area contributed by atoms with Crippen molar-refractivity contribution in [2.75, 3.05) is 49.5 Å². The highest BCUT2D eigenvalue weighted by molar-refractivity contribution is 7.92. The van der Waals surface area contributed by atoms with Gasteiger partial charge in [-0.25, -0.2) is 13.2 Å². The number of anilines is 2. The van der Waals surface area contributed by atoms with Gasteiger partial charge in [-0.1, -0.05) is 18.5 Å². The summed E-state index contributed by atoms with van der Waals surface area (Å²) in [5.74, 6) is -1.00. The van der Waals surface area contributed by atoms with Crippen LogP contribution in [0.3, 0.4) is 0 Å². The summed E-state index contributed by atoms with van der Waals surface area (Å²) < 4.78 is 34.0. The minimum absolute atomic E-state index is 0.0123. The lowest BCUT2D eigenvalue weighted by Crippen LogP contribution is -2.46. The largest absolute Gasteiger partial charge is 0.495 e. The Bertz CT molecular complexity index is 1040. The summed E-state index contributed by atoms with van der Waals surface area (Å²) in [5.41, 5.74) is 0.809. The highest BCUT2D eigenvalue weighted by atomic mass is 35.5. The molecule has 10 heteroatoms. The van der Waals surface area contributed by atoms with E-state index in [1.54, 1.807) is 6.07 Å². The minimum atomic E-state index is -4.09. The van der Waals surface area contributed by atoms with Gasteiger partial charge in [0.15, 0.2) is 0 Å². The number of carboxylic acid groups (broad SMARTS) is 1. The van der Waals surface area contributed by atoms with Gasteiger partial charge in [0, 0.05) is 31.2 Å². The van der Waals surface area contributed by atoms with Crippen LogP contribution in [0.15, 0.2) is 41.3 Å². The number of halogens is 1. The minimum Gasteiger partial charge on any atom is -0.495 e. The predicted octanol–water partition coefficient (Wildman–Crippen LogP) is 2.99. The maximum atomic E-state index is 13.1. The molecule has 1 aliphatic rings. The van der Waals surface area contributed by atoms with Gasteiger partial charge in [0.05, 0.1) is 24.0 Å². The lowest BCUT2D eigenvalue weighted by Gasteiger charge is -2.36. The number of methoxy groups -OCH3 is 1. The van der Waals surface area contributed by atoms with Crippen molar-refractivity contribution in [1.82, 2.24) is 4.90 Å². The molecule has 2 N–H and O–H groups in total. The summed E-state index contributed by atoms with van der Waals surface area (Å²) in [6, 6.07) is 8.74. The van der Waals surface area contributed by atoms with Crippen LogP contribution in [-0.2, 0) is 10.0 Å². The van der Waals surface area contributed by atoms with E-state index in [1.807, 2.05) is 4.90 Å². The zero-order chi connectivity index (χ0) is 21.9. The number of piperazine rings is 1. The molecule has 0 atom stereocenters. The summed E-state index contributed by atoms with van der Waals surface area (Å²) in [7, 11) is -2.72. The Morgan fingerprint density at radius 1 is 1.17 bits per heavy atom. The summed E-state index contributed by atoms with van der Waals surface area (Å²) >= 11 is 5.99. The predicted molar refractivity (Wildman–Crippen MR) is 117 cm³/mol. The monoisotopic (exact) mass is 453 g/mol. The molecule has 162 valence electrons. The fraction of sp³-hybridized carbons (Fsp3) is 0.350. The number of likely N-dealkylation sites (N-methyl/N-ethyl adjacent to an activating group) is 1. The number of carboxylic acids is 1. The van der Waals surface area contributed by atoms with E-state index >= 15 is 0 Å². The van der Waals surface area contributed by atoms with Crippen molar-refractivity contribution in [2.45, 2.75) is 11.8 Å². The third-order valence-corrected chi connectivity index (χ3v) is 6.69. The van der Waals surface area contributed by atoms with E-state index in [0.717, 1.165) is 19.6 Å². The van der Waals surface area contributed by atoms with Gasteiger partial charge in [0.2, 0.25) is 0 Å². The fourth-order valence-electron chi connectivity index (χ4n) is 3.39. The topological polar surface area (TPSA) is 99.2 Å². The highest BCUT2D eigenvalue weighted by Gasteiger charge is 2.25. The first-order valence-electron chi connectivity index (χ1n) is 9.46. The van der Waals surface area contributed by atoms with Gasteiger partial charge < -0.3 is 19.6 Å². The van der Waals surface area contributed by atoms with Crippen LogP contribution in [0.5, 0.6) is 5.75 Å². The fourth-order valence-corrected chi connectivity index (χ4v) is 4.89. The lowest BCUT2D eigenvalue weighted by molar-refractivity contribution is 0.0697. The van der Waals surface area contributed by atoms with E-state index in [9.17, 15) is 18.3 Å². The SMILES string of the molecule is CCN1CCN(c2ccc(C(=O)O)cc2NS(=O)(=O)c2cc(Cl)ccc2OC)CC1. The number of hydrogen-bond donors (Lipinski definition) is 2. The maximum Gasteiger partial charge on any atom is 0.335 e. The molecule has 2 aromatic rings. The molecule has 1 heterocycles. The number of hydrogen-bond acceptors (Lipinski definition) is 6. The molecule has 0 saturated carbocycles. The molecule has 3 rings (SSSR count). The van der Waals surface area contributed by atoms with Crippen LogP contribution in [0.25, 0.3) is 0 Å². The van der Waals surface area contributed by atoms with Crippen molar-refractivity contribution in [2.24, 2.45) is 0 Å². The van der Waals surface area contributed by atoms with Gasteiger partial charge in [-0.2, -0.15) is 0 Å². The standard InChI is InChI=1S/C20H24ClN3O5S/c1-3-23-8-10-24(11-9-23)17-6-4-14(20(25)26)12-16(17)22-30(27,28)19-13-15(21)5-7-18(19)29-2/h4-7,12-13,22H,3,8-11H2,1-2H3,(H,25,26). The zero-order valence-corrected chi connectivity index (χ0v) is 18.3. The molecule has 0 unspecified atom stereocenters. The number of nitrogens with one attached hydrogen (secondary N) is 1. The smallest absolute Gasteiger partial charge is 0.335 e. The molecule has 0 aromatic heterocycles. The summed E-state index contributed by atoms with van der Waals surface area (Å²) in [6.07, 6.45) is 0. The van der Waals surface area contributed by atoms with E-state index in [1.165, 1.54) is 37.4 Å². The van der Waals surface area contributed by atoms with E-state index in [-0.39, 0.29) is 26.9 Å². The van der Waals surface area contributed by atoms with E-state index in [2.05, 4.69) is 16.5 Å². The van der Waals surface area contributed by atoms with E-state index in [0.29, 0.717) is 18.8 Å². The number of ether oxygens (including phenoxy) is 1. The quantitative estimate of drug-likeness (QED) is 0.664.